The highest BCUT2D eigenvalue weighted by atomic mass is 19.4. The van der Waals surface area contributed by atoms with Crippen molar-refractivity contribution < 1.29 is 22.7 Å². The van der Waals surface area contributed by atoms with E-state index < -0.39 is 18.0 Å². The summed E-state index contributed by atoms with van der Waals surface area (Å²) < 4.78 is 39.7. The maximum absolute atomic E-state index is 12.0. The number of anilines is 1. The highest BCUT2D eigenvalue weighted by Crippen LogP contribution is 2.28. The number of hydrogen-bond acceptors (Lipinski definition) is 3. The van der Waals surface area contributed by atoms with Crippen LogP contribution >= 0.6 is 0 Å². The van der Waals surface area contributed by atoms with Gasteiger partial charge in [0, 0.05) is 18.5 Å². The van der Waals surface area contributed by atoms with E-state index in [-0.39, 0.29) is 17.8 Å². The minimum atomic E-state index is -4.83. The van der Waals surface area contributed by atoms with Crippen molar-refractivity contribution in [1.82, 2.24) is 5.32 Å². The van der Waals surface area contributed by atoms with Gasteiger partial charge in [0.05, 0.1) is 5.69 Å². The Morgan fingerprint density at radius 3 is 2.68 bits per heavy atom. The van der Waals surface area contributed by atoms with Crippen LogP contribution in [0.15, 0.2) is 18.2 Å². The molecule has 0 aliphatic carbocycles. The van der Waals surface area contributed by atoms with Crippen molar-refractivity contribution in [3.63, 3.8) is 0 Å². The summed E-state index contributed by atoms with van der Waals surface area (Å²) in [6, 6.07) is 3.27. The summed E-state index contributed by atoms with van der Waals surface area (Å²) in [6.07, 6.45) is 0.541. The fourth-order valence-electron chi connectivity index (χ4n) is 1.26. The third-order valence-corrected chi connectivity index (χ3v) is 2.05. The molecule has 3 N–H and O–H groups in total. The van der Waals surface area contributed by atoms with Gasteiger partial charge in [0.15, 0.2) is 5.75 Å². The van der Waals surface area contributed by atoms with Gasteiger partial charge >= 0.3 is 6.36 Å². The summed E-state index contributed by atoms with van der Waals surface area (Å²) >= 11 is 0. The van der Waals surface area contributed by atoms with Crippen LogP contribution in [0.4, 0.5) is 18.9 Å². The second-order valence-electron chi connectivity index (χ2n) is 3.51. The maximum atomic E-state index is 12.0. The van der Waals surface area contributed by atoms with E-state index in [4.69, 9.17) is 12.2 Å². The van der Waals surface area contributed by atoms with Crippen LogP contribution in [0.1, 0.15) is 16.8 Å². The number of nitrogen functional groups attached to an aromatic ring is 1. The molecule has 1 aromatic carbocycles. The lowest BCUT2D eigenvalue weighted by Crippen LogP contribution is -2.24. The Hall–Kier alpha value is -2.36. The number of nitrogens with one attached hydrogen (secondary N) is 1. The van der Waals surface area contributed by atoms with Crippen molar-refractivity contribution in [1.29, 1.82) is 0 Å². The lowest BCUT2D eigenvalue weighted by molar-refractivity contribution is -0.274. The summed E-state index contributed by atoms with van der Waals surface area (Å²) in [5.74, 6) is 1.32. The molecule has 0 heterocycles. The minimum absolute atomic E-state index is 0.129. The monoisotopic (exact) mass is 272 g/mol. The molecule has 1 aromatic rings. The number of nitrogens with two attached hydrogens (primary N) is 1. The molecule has 0 spiro atoms. The van der Waals surface area contributed by atoms with E-state index in [2.05, 4.69) is 16.0 Å². The Balaban J connectivity index is 2.77. The zero-order valence-corrected chi connectivity index (χ0v) is 9.75. The largest absolute Gasteiger partial charge is 0.573 e. The van der Waals surface area contributed by atoms with Crippen molar-refractivity contribution in [2.75, 3.05) is 12.3 Å². The molecule has 102 valence electrons. The van der Waals surface area contributed by atoms with Crippen LogP contribution in [0.5, 0.6) is 5.75 Å². The quantitative estimate of drug-likeness (QED) is 0.500. The van der Waals surface area contributed by atoms with Gasteiger partial charge in [-0.15, -0.1) is 25.5 Å². The van der Waals surface area contributed by atoms with E-state index in [0.717, 1.165) is 12.1 Å². The number of benzene rings is 1. The minimum Gasteiger partial charge on any atom is -0.404 e. The van der Waals surface area contributed by atoms with Gasteiger partial charge in [-0.2, -0.15) is 0 Å². The average molecular weight is 272 g/mol. The van der Waals surface area contributed by atoms with Crippen molar-refractivity contribution in [3.05, 3.63) is 23.8 Å². The van der Waals surface area contributed by atoms with Gasteiger partial charge in [-0.25, -0.2) is 0 Å². The molecule has 0 saturated carbocycles. The SMILES string of the molecule is C#CCCNC(=O)c1ccc(OC(F)(F)F)c(N)c1. The fraction of sp³-hybridized carbons (Fsp3) is 0.250. The van der Waals surface area contributed by atoms with Crippen LogP contribution in [0.2, 0.25) is 0 Å². The molecule has 0 aromatic heterocycles. The van der Waals surface area contributed by atoms with Gasteiger partial charge in [-0.1, -0.05) is 0 Å². The number of amides is 1. The van der Waals surface area contributed by atoms with Crippen LogP contribution in [-0.2, 0) is 0 Å². The van der Waals surface area contributed by atoms with E-state index in [0.29, 0.717) is 6.42 Å². The first-order valence-electron chi connectivity index (χ1n) is 5.20. The predicted octanol–water partition coefficient (Wildman–Crippen LogP) is 1.92. The number of carbonyl (C=O) groups is 1. The predicted molar refractivity (Wildman–Crippen MR) is 63.3 cm³/mol. The van der Waals surface area contributed by atoms with Crippen molar-refractivity contribution in [2.24, 2.45) is 0 Å². The number of carbonyl (C=O) groups excluding carboxylic acids is 1. The zero-order valence-electron chi connectivity index (χ0n) is 9.75. The van der Waals surface area contributed by atoms with E-state index in [1.807, 2.05) is 0 Å². The standard InChI is InChI=1S/C12H11F3N2O2/c1-2-3-6-17-11(18)8-4-5-10(9(16)7-8)19-12(13,14)15/h1,4-5,7H,3,6,16H2,(H,17,18). The molecular formula is C12H11F3N2O2. The van der Waals surface area contributed by atoms with Crippen LogP contribution < -0.4 is 15.8 Å². The van der Waals surface area contributed by atoms with E-state index in [9.17, 15) is 18.0 Å². The lowest BCUT2D eigenvalue weighted by Gasteiger charge is -2.12. The van der Waals surface area contributed by atoms with Crippen molar-refractivity contribution in [2.45, 2.75) is 12.8 Å². The smallest absolute Gasteiger partial charge is 0.404 e. The van der Waals surface area contributed by atoms with Crippen LogP contribution in [-0.4, -0.2) is 18.8 Å². The molecule has 0 atom stereocenters. The second kappa shape index (κ2) is 6.00. The summed E-state index contributed by atoms with van der Waals surface area (Å²) in [4.78, 5) is 11.6. The summed E-state index contributed by atoms with van der Waals surface area (Å²) in [5.41, 5.74) is 5.24. The van der Waals surface area contributed by atoms with Gasteiger partial charge in [0.25, 0.3) is 5.91 Å². The molecule has 0 unspecified atom stereocenters. The molecular weight excluding hydrogens is 261 g/mol. The third kappa shape index (κ3) is 4.79. The molecule has 4 nitrogen and oxygen atoms in total. The average Bonchev–Trinajstić information content (AvgIpc) is 2.30. The first-order valence-corrected chi connectivity index (χ1v) is 5.20. The third-order valence-electron chi connectivity index (χ3n) is 2.05. The Morgan fingerprint density at radius 2 is 2.16 bits per heavy atom. The fourth-order valence-corrected chi connectivity index (χ4v) is 1.26. The maximum Gasteiger partial charge on any atom is 0.573 e. The number of rotatable bonds is 4. The zero-order chi connectivity index (χ0) is 14.5. The molecule has 0 aliphatic rings. The molecule has 0 radical (unpaired) electrons. The molecule has 0 bridgehead atoms. The lowest BCUT2D eigenvalue weighted by atomic mass is 10.1. The number of hydrogen-bond donors (Lipinski definition) is 2. The first-order chi connectivity index (χ1) is 8.83. The van der Waals surface area contributed by atoms with Gasteiger partial charge in [0.1, 0.15) is 0 Å². The number of ether oxygens (including phenoxy) is 1. The Labute approximate surface area is 107 Å². The number of alkyl halides is 3. The molecule has 19 heavy (non-hydrogen) atoms. The Kier molecular flexibility index (Phi) is 4.64. The molecule has 7 heteroatoms. The number of terminal acetylenes is 1. The second-order valence-corrected chi connectivity index (χ2v) is 3.51. The Morgan fingerprint density at radius 1 is 1.47 bits per heavy atom. The molecule has 0 fully saturated rings. The highest BCUT2D eigenvalue weighted by Gasteiger charge is 2.32. The van der Waals surface area contributed by atoms with E-state index >= 15 is 0 Å². The van der Waals surface area contributed by atoms with Gasteiger partial charge in [0.2, 0.25) is 0 Å². The van der Waals surface area contributed by atoms with E-state index in [1.54, 1.807) is 0 Å². The van der Waals surface area contributed by atoms with Crippen LogP contribution in [0.3, 0.4) is 0 Å². The van der Waals surface area contributed by atoms with Gasteiger partial charge in [-0.3, -0.25) is 4.79 Å². The first kappa shape index (κ1) is 14.7. The molecule has 1 rings (SSSR count). The normalized spacial score (nSPS) is 10.6. The summed E-state index contributed by atoms with van der Waals surface area (Å²) in [6.45, 7) is 0.274. The summed E-state index contributed by atoms with van der Waals surface area (Å²) in [7, 11) is 0. The van der Waals surface area contributed by atoms with Crippen molar-refractivity contribution >= 4 is 11.6 Å². The van der Waals surface area contributed by atoms with Gasteiger partial charge < -0.3 is 15.8 Å². The van der Waals surface area contributed by atoms with Crippen LogP contribution in [0, 0.1) is 12.3 Å². The molecule has 1 amide bonds. The van der Waals surface area contributed by atoms with E-state index in [1.165, 1.54) is 6.07 Å². The topological polar surface area (TPSA) is 64.3 Å². The Bertz CT molecular complexity index is 507. The molecule has 0 saturated heterocycles. The highest BCUT2D eigenvalue weighted by molar-refractivity contribution is 5.95. The van der Waals surface area contributed by atoms with Crippen LogP contribution in [0.25, 0.3) is 0 Å². The summed E-state index contributed by atoms with van der Waals surface area (Å²) in [5, 5.41) is 2.49. The van der Waals surface area contributed by atoms with Gasteiger partial charge in [-0.05, 0) is 18.2 Å². The molecule has 0 aliphatic heterocycles. The number of halogens is 3. The van der Waals surface area contributed by atoms with Crippen molar-refractivity contribution in [3.8, 4) is 18.1 Å².